The zero-order chi connectivity index (χ0) is 11.8. The molecule has 0 radical (unpaired) electrons. The van der Waals surface area contributed by atoms with Gasteiger partial charge in [0.25, 0.3) is 0 Å². The van der Waals surface area contributed by atoms with Gasteiger partial charge in [0.2, 0.25) is 0 Å². The van der Waals surface area contributed by atoms with E-state index >= 15 is 0 Å². The molecule has 0 aromatic carbocycles. The highest BCUT2D eigenvalue weighted by Crippen LogP contribution is 2.09. The summed E-state index contributed by atoms with van der Waals surface area (Å²) in [6, 6.07) is 0.349. The molecule has 0 heterocycles. The minimum atomic E-state index is -0.718. The number of carboxylic acid groups (broad SMARTS) is 1. The second kappa shape index (κ2) is 7.71. The molecule has 0 fully saturated rings. The molecule has 2 unspecified atom stereocenters. The average molecular weight is 234 g/mol. The van der Waals surface area contributed by atoms with Crippen LogP contribution in [-0.4, -0.2) is 23.7 Å². The number of aliphatic carboxylic acids is 1. The Kier molecular flexibility index (Phi) is 7.44. The molecule has 0 aromatic rings. The lowest BCUT2D eigenvalue weighted by atomic mass is 10.0. The van der Waals surface area contributed by atoms with Crippen LogP contribution in [0.1, 0.15) is 33.1 Å². The largest absolute Gasteiger partial charge is 0.481 e. The topological polar surface area (TPSA) is 49.3 Å². The van der Waals surface area contributed by atoms with Crippen LogP contribution in [0.25, 0.3) is 0 Å². The molecule has 88 valence electrons. The van der Waals surface area contributed by atoms with E-state index < -0.39 is 5.97 Å². The summed E-state index contributed by atoms with van der Waals surface area (Å²) in [5.74, 6) is -0.968. The SMILES string of the molecule is C=C(Cl)CNC(C)CCCC(C)C(=O)O. The molecule has 0 saturated carbocycles. The Morgan fingerprint density at radius 3 is 2.53 bits per heavy atom. The minimum absolute atomic E-state index is 0.250. The number of carbonyl (C=O) groups is 1. The van der Waals surface area contributed by atoms with Gasteiger partial charge in [-0.25, -0.2) is 0 Å². The summed E-state index contributed by atoms with van der Waals surface area (Å²) < 4.78 is 0. The molecule has 0 amide bonds. The summed E-state index contributed by atoms with van der Waals surface area (Å²) in [5, 5.41) is 12.5. The smallest absolute Gasteiger partial charge is 0.306 e. The lowest BCUT2D eigenvalue weighted by Crippen LogP contribution is -2.27. The van der Waals surface area contributed by atoms with Crippen molar-refractivity contribution in [3.63, 3.8) is 0 Å². The van der Waals surface area contributed by atoms with Crippen LogP contribution < -0.4 is 5.32 Å². The second-order valence-corrected chi connectivity index (χ2v) is 4.50. The highest BCUT2D eigenvalue weighted by molar-refractivity contribution is 6.29. The normalized spacial score (nSPS) is 14.6. The molecule has 0 spiro atoms. The van der Waals surface area contributed by atoms with Crippen LogP contribution in [0.4, 0.5) is 0 Å². The molecule has 0 aliphatic carbocycles. The van der Waals surface area contributed by atoms with Crippen LogP contribution in [-0.2, 0) is 4.79 Å². The molecule has 0 saturated heterocycles. The quantitative estimate of drug-likeness (QED) is 0.678. The van der Waals surface area contributed by atoms with Crippen molar-refractivity contribution in [3.05, 3.63) is 11.6 Å². The summed E-state index contributed by atoms with van der Waals surface area (Å²) >= 11 is 5.61. The van der Waals surface area contributed by atoms with Gasteiger partial charge in [-0.2, -0.15) is 0 Å². The number of halogens is 1. The number of rotatable bonds is 8. The third-order valence-corrected chi connectivity index (χ3v) is 2.47. The van der Waals surface area contributed by atoms with E-state index in [1.54, 1.807) is 6.92 Å². The van der Waals surface area contributed by atoms with Gasteiger partial charge in [0, 0.05) is 17.6 Å². The van der Waals surface area contributed by atoms with Crippen LogP contribution in [0, 0.1) is 5.92 Å². The lowest BCUT2D eigenvalue weighted by Gasteiger charge is -2.13. The average Bonchev–Trinajstić information content (AvgIpc) is 2.14. The first-order valence-corrected chi connectivity index (χ1v) is 5.60. The van der Waals surface area contributed by atoms with Crippen molar-refractivity contribution >= 4 is 17.6 Å². The first kappa shape index (κ1) is 14.5. The van der Waals surface area contributed by atoms with Gasteiger partial charge in [-0.15, -0.1) is 0 Å². The Labute approximate surface area is 96.5 Å². The molecule has 15 heavy (non-hydrogen) atoms. The fraction of sp³-hybridized carbons (Fsp3) is 0.727. The number of carboxylic acids is 1. The molecule has 0 bridgehead atoms. The standard InChI is InChI=1S/C11H20ClNO2/c1-8(11(14)15)5-4-6-10(3)13-7-9(2)12/h8,10,13H,2,4-7H2,1,3H3,(H,14,15). The zero-order valence-corrected chi connectivity index (χ0v) is 10.2. The van der Waals surface area contributed by atoms with E-state index in [0.717, 1.165) is 19.3 Å². The van der Waals surface area contributed by atoms with Crippen molar-refractivity contribution in [2.45, 2.75) is 39.2 Å². The first-order chi connectivity index (χ1) is 6.93. The van der Waals surface area contributed by atoms with E-state index in [0.29, 0.717) is 17.6 Å². The molecule has 0 rings (SSSR count). The van der Waals surface area contributed by atoms with Gasteiger partial charge in [0.05, 0.1) is 5.92 Å². The number of hydrogen-bond acceptors (Lipinski definition) is 2. The summed E-state index contributed by atoms with van der Waals surface area (Å²) in [7, 11) is 0. The van der Waals surface area contributed by atoms with E-state index in [1.165, 1.54) is 0 Å². The molecule has 2 N–H and O–H groups in total. The van der Waals surface area contributed by atoms with Gasteiger partial charge in [0.1, 0.15) is 0 Å². The third kappa shape index (κ3) is 8.45. The van der Waals surface area contributed by atoms with Crippen LogP contribution in [0.2, 0.25) is 0 Å². The van der Waals surface area contributed by atoms with Crippen molar-refractivity contribution in [2.75, 3.05) is 6.54 Å². The molecule has 0 aromatic heterocycles. The van der Waals surface area contributed by atoms with Gasteiger partial charge in [-0.05, 0) is 19.8 Å². The van der Waals surface area contributed by atoms with Gasteiger partial charge >= 0.3 is 5.97 Å². The molecular formula is C11H20ClNO2. The molecular weight excluding hydrogens is 214 g/mol. The maximum absolute atomic E-state index is 10.5. The third-order valence-electron chi connectivity index (χ3n) is 2.34. The number of nitrogens with one attached hydrogen (secondary N) is 1. The Balaban J connectivity index is 3.50. The summed E-state index contributed by atoms with van der Waals surface area (Å²) in [5.41, 5.74) is 0. The molecule has 0 aliphatic heterocycles. The zero-order valence-electron chi connectivity index (χ0n) is 9.42. The molecule has 4 heteroatoms. The van der Waals surface area contributed by atoms with Crippen molar-refractivity contribution in [2.24, 2.45) is 5.92 Å². The molecule has 0 aliphatic rings. The van der Waals surface area contributed by atoms with Gasteiger partial charge < -0.3 is 10.4 Å². The van der Waals surface area contributed by atoms with E-state index in [-0.39, 0.29) is 5.92 Å². The minimum Gasteiger partial charge on any atom is -0.481 e. The number of hydrogen-bond donors (Lipinski definition) is 2. The fourth-order valence-corrected chi connectivity index (χ4v) is 1.32. The molecule has 3 nitrogen and oxygen atoms in total. The highest BCUT2D eigenvalue weighted by atomic mass is 35.5. The van der Waals surface area contributed by atoms with Crippen molar-refractivity contribution in [1.29, 1.82) is 0 Å². The maximum Gasteiger partial charge on any atom is 0.306 e. The predicted molar refractivity (Wildman–Crippen MR) is 63.1 cm³/mol. The van der Waals surface area contributed by atoms with Gasteiger partial charge in [-0.1, -0.05) is 31.5 Å². The van der Waals surface area contributed by atoms with Gasteiger partial charge in [0.15, 0.2) is 0 Å². The van der Waals surface area contributed by atoms with Crippen LogP contribution in [0.5, 0.6) is 0 Å². The highest BCUT2D eigenvalue weighted by Gasteiger charge is 2.10. The van der Waals surface area contributed by atoms with Crippen molar-refractivity contribution < 1.29 is 9.90 Å². The van der Waals surface area contributed by atoms with Gasteiger partial charge in [-0.3, -0.25) is 4.79 Å². The Morgan fingerprint density at radius 1 is 1.47 bits per heavy atom. The van der Waals surface area contributed by atoms with E-state index in [4.69, 9.17) is 16.7 Å². The Bertz CT molecular complexity index is 219. The first-order valence-electron chi connectivity index (χ1n) is 5.23. The summed E-state index contributed by atoms with van der Waals surface area (Å²) in [6.07, 6.45) is 2.60. The van der Waals surface area contributed by atoms with Crippen LogP contribution in [0.15, 0.2) is 11.6 Å². The second-order valence-electron chi connectivity index (χ2n) is 3.97. The van der Waals surface area contributed by atoms with E-state index in [2.05, 4.69) is 18.8 Å². The van der Waals surface area contributed by atoms with Crippen molar-refractivity contribution in [3.8, 4) is 0 Å². The lowest BCUT2D eigenvalue weighted by molar-refractivity contribution is -0.141. The van der Waals surface area contributed by atoms with Crippen LogP contribution in [0.3, 0.4) is 0 Å². The van der Waals surface area contributed by atoms with E-state index in [1.807, 2.05) is 0 Å². The molecule has 2 atom stereocenters. The Morgan fingerprint density at radius 2 is 2.07 bits per heavy atom. The maximum atomic E-state index is 10.5. The summed E-state index contributed by atoms with van der Waals surface area (Å²) in [6.45, 7) is 7.99. The Hall–Kier alpha value is -0.540. The summed E-state index contributed by atoms with van der Waals surface area (Å²) in [4.78, 5) is 10.5. The fourth-order valence-electron chi connectivity index (χ4n) is 1.24. The van der Waals surface area contributed by atoms with Crippen molar-refractivity contribution in [1.82, 2.24) is 5.32 Å². The predicted octanol–water partition coefficient (Wildman–Crippen LogP) is 2.61. The van der Waals surface area contributed by atoms with Crippen LogP contribution >= 0.6 is 11.6 Å². The monoisotopic (exact) mass is 233 g/mol. The van der Waals surface area contributed by atoms with E-state index in [9.17, 15) is 4.79 Å².